The molecule has 1 aliphatic heterocycles. The van der Waals surface area contributed by atoms with Crippen LogP contribution in [0.25, 0.3) is 0 Å². The summed E-state index contributed by atoms with van der Waals surface area (Å²) in [5, 5.41) is 3.31. The molecule has 2 rings (SSSR count). The summed E-state index contributed by atoms with van der Waals surface area (Å²) in [6.07, 6.45) is 5.44. The van der Waals surface area contributed by atoms with Crippen molar-refractivity contribution in [2.24, 2.45) is 15.0 Å². The monoisotopic (exact) mass is 353 g/mol. The van der Waals surface area contributed by atoms with Gasteiger partial charge in [-0.3, -0.25) is 4.99 Å². The molecule has 140 valence electrons. The first kappa shape index (κ1) is 20.0. The van der Waals surface area contributed by atoms with Crippen LogP contribution in [0, 0.1) is 0 Å². The van der Waals surface area contributed by atoms with Gasteiger partial charge in [-0.2, -0.15) is 0 Å². The second-order valence-electron chi connectivity index (χ2n) is 6.58. The van der Waals surface area contributed by atoms with Gasteiger partial charge in [-0.15, -0.1) is 0 Å². The second-order valence-corrected chi connectivity index (χ2v) is 6.58. The zero-order valence-corrected chi connectivity index (χ0v) is 16.7. The highest BCUT2D eigenvalue weighted by molar-refractivity contribution is 5.83. The molecule has 1 aliphatic rings. The Bertz CT molecular complexity index is 715. The van der Waals surface area contributed by atoms with Crippen LogP contribution in [-0.4, -0.2) is 38.4 Å². The minimum absolute atomic E-state index is 0.435. The average Bonchev–Trinajstić information content (AvgIpc) is 2.98. The van der Waals surface area contributed by atoms with E-state index in [-0.39, 0.29) is 0 Å². The molecule has 1 aromatic carbocycles. The number of benzene rings is 1. The number of nitrogens with zero attached hydrogens (tertiary/aromatic N) is 4. The van der Waals surface area contributed by atoms with Crippen molar-refractivity contribution >= 4 is 24.0 Å². The highest BCUT2D eigenvalue weighted by Gasteiger charge is 2.30. The molecule has 1 heterocycles. The largest absolute Gasteiger partial charge is 0.324 e. The fraction of sp³-hybridized carbons (Fsp3) is 0.476. The number of aliphatic imine (C=N–C) groups is 3. The van der Waals surface area contributed by atoms with Crippen molar-refractivity contribution in [1.82, 2.24) is 5.32 Å². The summed E-state index contributed by atoms with van der Waals surface area (Å²) in [6.45, 7) is 10.0. The lowest BCUT2D eigenvalue weighted by Crippen LogP contribution is -2.25. The summed E-state index contributed by atoms with van der Waals surface area (Å²) in [6, 6.07) is 8.57. The number of anilines is 1. The molecule has 26 heavy (non-hydrogen) atoms. The molecule has 0 fully saturated rings. The average molecular weight is 354 g/mol. The van der Waals surface area contributed by atoms with Gasteiger partial charge in [-0.25, -0.2) is 9.98 Å². The minimum Gasteiger partial charge on any atom is -0.324 e. The molecule has 0 aliphatic carbocycles. The summed E-state index contributed by atoms with van der Waals surface area (Å²) in [5.41, 5.74) is 4.63. The lowest BCUT2D eigenvalue weighted by Gasteiger charge is -2.21. The molecule has 0 saturated heterocycles. The number of allylic oxidation sites excluding steroid dienone is 1. The molecule has 1 N–H and O–H groups in total. The van der Waals surface area contributed by atoms with Crippen LogP contribution in [0.3, 0.4) is 0 Å². The molecule has 0 bridgehead atoms. The van der Waals surface area contributed by atoms with Gasteiger partial charge in [0.05, 0.1) is 5.70 Å². The van der Waals surface area contributed by atoms with E-state index in [1.807, 2.05) is 20.9 Å². The van der Waals surface area contributed by atoms with Crippen molar-refractivity contribution in [3.8, 4) is 0 Å². The Morgan fingerprint density at radius 3 is 2.77 bits per heavy atom. The summed E-state index contributed by atoms with van der Waals surface area (Å²) < 4.78 is 0. The van der Waals surface area contributed by atoms with E-state index >= 15 is 0 Å². The van der Waals surface area contributed by atoms with Gasteiger partial charge in [0.1, 0.15) is 6.34 Å². The van der Waals surface area contributed by atoms with Gasteiger partial charge in [-0.05, 0) is 45.9 Å². The van der Waals surface area contributed by atoms with E-state index in [4.69, 9.17) is 4.99 Å². The third-order valence-corrected chi connectivity index (χ3v) is 4.47. The highest BCUT2D eigenvalue weighted by atomic mass is 15.3. The van der Waals surface area contributed by atoms with Crippen molar-refractivity contribution in [1.29, 1.82) is 0 Å². The van der Waals surface area contributed by atoms with Crippen LogP contribution in [0.15, 0.2) is 50.8 Å². The van der Waals surface area contributed by atoms with E-state index in [2.05, 4.69) is 58.3 Å². The Hall–Kier alpha value is -2.27. The maximum atomic E-state index is 4.81. The number of rotatable bonds is 8. The van der Waals surface area contributed by atoms with Crippen LogP contribution in [0.4, 0.5) is 5.69 Å². The molecule has 1 atom stereocenters. The topological polar surface area (TPSA) is 52.4 Å². The fourth-order valence-electron chi connectivity index (χ4n) is 3.38. The molecule has 0 aromatic heterocycles. The quantitative estimate of drug-likeness (QED) is 0.557. The highest BCUT2D eigenvalue weighted by Crippen LogP contribution is 2.39. The molecule has 0 radical (unpaired) electrons. The smallest absolute Gasteiger partial charge is 0.156 e. The van der Waals surface area contributed by atoms with Crippen molar-refractivity contribution in [2.45, 2.75) is 46.5 Å². The number of nitrogens with one attached hydrogen (secondary N) is 1. The van der Waals surface area contributed by atoms with E-state index in [1.165, 1.54) is 11.3 Å². The van der Waals surface area contributed by atoms with E-state index in [0.717, 1.165) is 43.2 Å². The first-order valence-corrected chi connectivity index (χ1v) is 9.38. The Morgan fingerprint density at radius 2 is 2.08 bits per heavy atom. The van der Waals surface area contributed by atoms with E-state index in [9.17, 15) is 0 Å². The minimum atomic E-state index is 0.435. The second kappa shape index (κ2) is 10.0. The molecular formula is C21H31N5. The van der Waals surface area contributed by atoms with Gasteiger partial charge in [0.25, 0.3) is 0 Å². The predicted molar refractivity (Wildman–Crippen MR) is 114 cm³/mol. The lowest BCUT2D eigenvalue weighted by molar-refractivity contribution is 0.652. The van der Waals surface area contributed by atoms with Gasteiger partial charge in [0, 0.05) is 36.6 Å². The molecule has 1 unspecified atom stereocenters. The van der Waals surface area contributed by atoms with E-state index < -0.39 is 0 Å². The van der Waals surface area contributed by atoms with Crippen LogP contribution in [0.2, 0.25) is 0 Å². The summed E-state index contributed by atoms with van der Waals surface area (Å²) >= 11 is 0. The zero-order valence-electron chi connectivity index (χ0n) is 16.7. The molecular weight excluding hydrogens is 322 g/mol. The normalized spacial score (nSPS) is 18.7. The van der Waals surface area contributed by atoms with Crippen LogP contribution in [0.5, 0.6) is 0 Å². The molecule has 0 spiro atoms. The van der Waals surface area contributed by atoms with Crippen LogP contribution in [0.1, 0.15) is 52.0 Å². The van der Waals surface area contributed by atoms with Gasteiger partial charge >= 0.3 is 0 Å². The first-order chi connectivity index (χ1) is 12.6. The Balaban J connectivity index is 2.47. The molecule has 1 aromatic rings. The van der Waals surface area contributed by atoms with Crippen molar-refractivity contribution < 1.29 is 0 Å². The van der Waals surface area contributed by atoms with Crippen LogP contribution in [-0.2, 0) is 0 Å². The van der Waals surface area contributed by atoms with Crippen LogP contribution >= 0.6 is 0 Å². The van der Waals surface area contributed by atoms with Crippen molar-refractivity contribution in [2.75, 3.05) is 25.0 Å². The number of likely N-dealkylation sites (N-methyl/N-ethyl adjacent to an activating group) is 1. The fourth-order valence-corrected chi connectivity index (χ4v) is 3.38. The Labute approximate surface area is 157 Å². The third kappa shape index (κ3) is 4.88. The maximum Gasteiger partial charge on any atom is 0.156 e. The lowest BCUT2D eigenvalue weighted by atomic mass is 10.0. The number of hydrogen-bond acceptors (Lipinski definition) is 4. The number of hydrogen-bond donors (Lipinski definition) is 1. The van der Waals surface area contributed by atoms with Gasteiger partial charge in [-0.1, -0.05) is 31.5 Å². The predicted octanol–water partition coefficient (Wildman–Crippen LogP) is 4.38. The van der Waals surface area contributed by atoms with Crippen LogP contribution < -0.4 is 10.2 Å². The molecule has 5 heteroatoms. The number of fused-ring (bicyclic) bond motifs is 1. The zero-order chi connectivity index (χ0) is 18.9. The Morgan fingerprint density at radius 1 is 1.31 bits per heavy atom. The molecule has 0 saturated carbocycles. The van der Waals surface area contributed by atoms with Crippen molar-refractivity contribution in [3.05, 3.63) is 41.3 Å². The van der Waals surface area contributed by atoms with Gasteiger partial charge < -0.3 is 10.2 Å². The molecule has 5 nitrogen and oxygen atoms in total. The van der Waals surface area contributed by atoms with Crippen molar-refractivity contribution in [3.63, 3.8) is 0 Å². The SMILES string of the molecule is C/C=N/C=N\C(=C(C)\N=C(/C)CCC)N1CC(CNC)c2ccccc21. The summed E-state index contributed by atoms with van der Waals surface area (Å²) in [7, 11) is 2.00. The van der Waals surface area contributed by atoms with E-state index in [0.29, 0.717) is 5.92 Å². The summed E-state index contributed by atoms with van der Waals surface area (Å²) in [4.78, 5) is 15.9. The third-order valence-electron chi connectivity index (χ3n) is 4.47. The Kier molecular flexibility index (Phi) is 7.73. The first-order valence-electron chi connectivity index (χ1n) is 9.38. The van der Waals surface area contributed by atoms with Gasteiger partial charge in [0.2, 0.25) is 0 Å². The summed E-state index contributed by atoms with van der Waals surface area (Å²) in [5.74, 6) is 1.31. The number of para-hydroxylation sites is 1. The molecule has 0 amide bonds. The maximum absolute atomic E-state index is 4.81. The standard InChI is InChI=1S/C21H31N5/c1-6-10-16(3)25-17(4)21(24-15-23-7-2)26-14-18(13-22-5)19-11-8-9-12-20(19)26/h7-9,11-12,15,18,22H,6,10,13-14H2,1-5H3/b21-17-,23-7+,24-15-,25-16+. The van der Waals surface area contributed by atoms with E-state index in [1.54, 1.807) is 12.6 Å². The van der Waals surface area contributed by atoms with Gasteiger partial charge in [0.15, 0.2) is 5.82 Å².